The Morgan fingerprint density at radius 1 is 1.15 bits per heavy atom. The van der Waals surface area contributed by atoms with Gasteiger partial charge in [-0.1, -0.05) is 41.9 Å². The zero-order chi connectivity index (χ0) is 14.2. The Hall–Kier alpha value is -2.51. The van der Waals surface area contributed by atoms with Gasteiger partial charge < -0.3 is 10.6 Å². The number of benzene rings is 2. The molecule has 1 aliphatic heterocycles. The van der Waals surface area contributed by atoms with Crippen LogP contribution in [0.5, 0.6) is 0 Å². The SMILES string of the molecule is N#C[C@@]1(Nc2ccccc2Cl)C(=O)Nc2ccccc21. The second-order valence-electron chi connectivity index (χ2n) is 4.47. The maximum Gasteiger partial charge on any atom is 0.269 e. The third-order valence-corrected chi connectivity index (χ3v) is 3.61. The van der Waals surface area contributed by atoms with Crippen LogP contribution in [0.2, 0.25) is 5.02 Å². The van der Waals surface area contributed by atoms with E-state index in [9.17, 15) is 10.1 Å². The summed E-state index contributed by atoms with van der Waals surface area (Å²) in [6.07, 6.45) is 0. The molecule has 0 saturated heterocycles. The van der Waals surface area contributed by atoms with E-state index < -0.39 is 11.4 Å². The van der Waals surface area contributed by atoms with Crippen molar-refractivity contribution in [1.29, 1.82) is 5.26 Å². The summed E-state index contributed by atoms with van der Waals surface area (Å²) in [4.78, 5) is 12.3. The number of nitriles is 1. The minimum absolute atomic E-state index is 0.402. The lowest BCUT2D eigenvalue weighted by atomic mass is 9.92. The number of anilines is 2. The average molecular weight is 284 g/mol. The Labute approximate surface area is 121 Å². The number of para-hydroxylation sites is 2. The van der Waals surface area contributed by atoms with Gasteiger partial charge in [0.25, 0.3) is 5.91 Å². The molecule has 1 heterocycles. The summed E-state index contributed by atoms with van der Waals surface area (Å²) in [5.74, 6) is -0.402. The fourth-order valence-corrected chi connectivity index (χ4v) is 2.47. The first-order valence-corrected chi connectivity index (χ1v) is 6.40. The van der Waals surface area contributed by atoms with Crippen LogP contribution in [0.25, 0.3) is 0 Å². The first-order valence-electron chi connectivity index (χ1n) is 6.02. The number of hydrogen-bond donors (Lipinski definition) is 2. The van der Waals surface area contributed by atoms with E-state index in [-0.39, 0.29) is 0 Å². The van der Waals surface area contributed by atoms with Gasteiger partial charge in [-0.25, -0.2) is 0 Å². The molecule has 20 heavy (non-hydrogen) atoms. The van der Waals surface area contributed by atoms with Crippen LogP contribution in [0, 0.1) is 11.3 Å². The number of carbonyl (C=O) groups excluding carboxylic acids is 1. The average Bonchev–Trinajstić information content (AvgIpc) is 2.74. The predicted octanol–water partition coefficient (Wildman–Crippen LogP) is 3.12. The van der Waals surface area contributed by atoms with Crippen LogP contribution in [0.1, 0.15) is 5.56 Å². The van der Waals surface area contributed by atoms with Crippen molar-refractivity contribution in [3.63, 3.8) is 0 Å². The number of fused-ring (bicyclic) bond motifs is 1. The Morgan fingerprint density at radius 3 is 2.60 bits per heavy atom. The van der Waals surface area contributed by atoms with Crippen molar-refractivity contribution in [1.82, 2.24) is 0 Å². The van der Waals surface area contributed by atoms with Gasteiger partial charge >= 0.3 is 0 Å². The van der Waals surface area contributed by atoms with Crippen molar-refractivity contribution in [2.75, 3.05) is 10.6 Å². The molecule has 2 N–H and O–H groups in total. The van der Waals surface area contributed by atoms with Crippen LogP contribution in [0.15, 0.2) is 48.5 Å². The smallest absolute Gasteiger partial charge is 0.269 e. The molecule has 0 bridgehead atoms. The van der Waals surface area contributed by atoms with Gasteiger partial charge in [-0.2, -0.15) is 5.26 Å². The Kier molecular flexibility index (Phi) is 2.85. The lowest BCUT2D eigenvalue weighted by molar-refractivity contribution is -0.118. The number of nitrogens with zero attached hydrogens (tertiary/aromatic N) is 1. The molecular formula is C15H10ClN3O. The lowest BCUT2D eigenvalue weighted by Gasteiger charge is -2.22. The molecule has 98 valence electrons. The van der Waals surface area contributed by atoms with E-state index in [0.717, 1.165) is 0 Å². The fourth-order valence-electron chi connectivity index (χ4n) is 2.29. The van der Waals surface area contributed by atoms with Gasteiger partial charge in [-0.3, -0.25) is 4.79 Å². The van der Waals surface area contributed by atoms with Crippen molar-refractivity contribution >= 4 is 28.9 Å². The maximum atomic E-state index is 12.3. The van der Waals surface area contributed by atoms with E-state index in [2.05, 4.69) is 16.7 Å². The highest BCUT2D eigenvalue weighted by molar-refractivity contribution is 6.33. The van der Waals surface area contributed by atoms with E-state index in [0.29, 0.717) is 22.0 Å². The van der Waals surface area contributed by atoms with Crippen molar-refractivity contribution in [3.8, 4) is 6.07 Å². The molecule has 1 atom stereocenters. The van der Waals surface area contributed by atoms with Gasteiger partial charge in [0.15, 0.2) is 0 Å². The summed E-state index contributed by atoms with van der Waals surface area (Å²) in [6, 6.07) is 16.2. The Morgan fingerprint density at radius 2 is 1.85 bits per heavy atom. The summed E-state index contributed by atoms with van der Waals surface area (Å²) in [5, 5.41) is 15.7. The maximum absolute atomic E-state index is 12.3. The molecule has 0 unspecified atom stereocenters. The highest BCUT2D eigenvalue weighted by atomic mass is 35.5. The molecular weight excluding hydrogens is 274 g/mol. The predicted molar refractivity (Wildman–Crippen MR) is 77.4 cm³/mol. The quantitative estimate of drug-likeness (QED) is 0.890. The van der Waals surface area contributed by atoms with E-state index in [1.807, 2.05) is 6.07 Å². The lowest BCUT2D eigenvalue weighted by Crippen LogP contribution is -2.40. The van der Waals surface area contributed by atoms with Crippen LogP contribution < -0.4 is 10.6 Å². The summed E-state index contributed by atoms with van der Waals surface area (Å²) < 4.78 is 0. The highest BCUT2D eigenvalue weighted by Crippen LogP contribution is 2.39. The Balaban J connectivity index is 2.12. The number of rotatable bonds is 2. The molecule has 1 aliphatic rings. The molecule has 0 fully saturated rings. The number of carbonyl (C=O) groups is 1. The van der Waals surface area contributed by atoms with Gasteiger partial charge in [0.1, 0.15) is 6.07 Å². The highest BCUT2D eigenvalue weighted by Gasteiger charge is 2.47. The van der Waals surface area contributed by atoms with E-state index in [4.69, 9.17) is 11.6 Å². The van der Waals surface area contributed by atoms with E-state index in [1.54, 1.807) is 42.5 Å². The molecule has 0 saturated carbocycles. The van der Waals surface area contributed by atoms with Gasteiger partial charge in [0, 0.05) is 11.3 Å². The van der Waals surface area contributed by atoms with Crippen LogP contribution in [-0.2, 0) is 10.3 Å². The summed E-state index contributed by atoms with van der Waals surface area (Å²) in [6.45, 7) is 0. The van der Waals surface area contributed by atoms with Crippen LogP contribution in [0.4, 0.5) is 11.4 Å². The van der Waals surface area contributed by atoms with E-state index in [1.165, 1.54) is 0 Å². The molecule has 0 aliphatic carbocycles. The zero-order valence-corrected chi connectivity index (χ0v) is 11.1. The van der Waals surface area contributed by atoms with Crippen LogP contribution in [-0.4, -0.2) is 5.91 Å². The van der Waals surface area contributed by atoms with Gasteiger partial charge in [0.05, 0.1) is 10.7 Å². The number of hydrogen-bond acceptors (Lipinski definition) is 3. The molecule has 2 aromatic carbocycles. The van der Waals surface area contributed by atoms with Crippen molar-refractivity contribution in [2.24, 2.45) is 0 Å². The first-order chi connectivity index (χ1) is 9.67. The zero-order valence-electron chi connectivity index (χ0n) is 10.4. The second-order valence-corrected chi connectivity index (χ2v) is 4.87. The normalized spacial score (nSPS) is 19.9. The Bertz CT molecular complexity index is 738. The monoisotopic (exact) mass is 283 g/mol. The third-order valence-electron chi connectivity index (χ3n) is 3.28. The number of nitrogens with one attached hydrogen (secondary N) is 2. The molecule has 0 spiro atoms. The van der Waals surface area contributed by atoms with Crippen molar-refractivity contribution in [3.05, 3.63) is 59.1 Å². The second kappa shape index (κ2) is 4.55. The number of halogens is 1. The topological polar surface area (TPSA) is 64.9 Å². The molecule has 4 nitrogen and oxygen atoms in total. The molecule has 3 rings (SSSR count). The van der Waals surface area contributed by atoms with Crippen molar-refractivity contribution < 1.29 is 4.79 Å². The molecule has 2 aromatic rings. The third kappa shape index (κ3) is 1.72. The van der Waals surface area contributed by atoms with Gasteiger partial charge in [-0.15, -0.1) is 0 Å². The van der Waals surface area contributed by atoms with Crippen LogP contribution >= 0.6 is 11.6 Å². The van der Waals surface area contributed by atoms with E-state index >= 15 is 0 Å². The molecule has 0 radical (unpaired) electrons. The van der Waals surface area contributed by atoms with Gasteiger partial charge in [0.2, 0.25) is 5.54 Å². The standard InChI is InChI=1S/C15H10ClN3O/c16-11-6-2-4-8-13(11)19-15(9-17)10-5-1-3-7-12(10)18-14(15)20/h1-8,19H,(H,18,20)/t15-/m0/s1. The fraction of sp³-hybridized carbons (Fsp3) is 0.0667. The summed E-state index contributed by atoms with van der Waals surface area (Å²) in [7, 11) is 0. The molecule has 1 amide bonds. The summed E-state index contributed by atoms with van der Waals surface area (Å²) in [5.41, 5.74) is 0.329. The minimum Gasteiger partial charge on any atom is -0.355 e. The first kappa shape index (κ1) is 12.5. The van der Waals surface area contributed by atoms with Crippen LogP contribution in [0.3, 0.4) is 0 Å². The molecule has 5 heteroatoms. The molecule has 0 aromatic heterocycles. The minimum atomic E-state index is -1.46. The summed E-state index contributed by atoms with van der Waals surface area (Å²) >= 11 is 6.09. The van der Waals surface area contributed by atoms with Gasteiger partial charge in [-0.05, 0) is 18.2 Å². The number of amides is 1. The largest absolute Gasteiger partial charge is 0.355 e. The van der Waals surface area contributed by atoms with Crippen molar-refractivity contribution in [2.45, 2.75) is 5.54 Å².